The standard InChI is InChI=1S/C15H17F3N4O3/c1-9-5-19-7-11(24-9)14-21-12(22-25-14)4-10-2-3-13(20-6-10)23-8-15(16,17)18/h2-3,6,9,11,19H,4-5,7-8H2,1H3/t9-,11-/m1/s1. The molecule has 1 N–H and O–H groups in total. The molecule has 1 aliphatic heterocycles. The highest BCUT2D eigenvalue weighted by molar-refractivity contribution is 5.20. The number of ether oxygens (including phenoxy) is 2. The molecule has 0 amide bonds. The quantitative estimate of drug-likeness (QED) is 0.876. The van der Waals surface area contributed by atoms with Crippen LogP contribution >= 0.6 is 0 Å². The molecule has 0 aliphatic carbocycles. The van der Waals surface area contributed by atoms with Gasteiger partial charge in [-0.3, -0.25) is 0 Å². The third-order valence-electron chi connectivity index (χ3n) is 3.46. The first-order valence-electron chi connectivity index (χ1n) is 7.72. The van der Waals surface area contributed by atoms with E-state index in [0.29, 0.717) is 24.7 Å². The minimum absolute atomic E-state index is 0.0579. The summed E-state index contributed by atoms with van der Waals surface area (Å²) in [6, 6.07) is 2.98. The fourth-order valence-corrected chi connectivity index (χ4v) is 2.35. The van der Waals surface area contributed by atoms with Crippen LogP contribution in [0, 0.1) is 0 Å². The van der Waals surface area contributed by atoms with E-state index in [1.807, 2.05) is 6.92 Å². The SMILES string of the molecule is C[C@@H]1CNC[C@H](c2nc(Cc3ccc(OCC(F)(F)F)nc3)no2)O1. The Morgan fingerprint density at radius 1 is 1.32 bits per heavy atom. The molecule has 0 unspecified atom stereocenters. The highest BCUT2D eigenvalue weighted by atomic mass is 19.4. The van der Waals surface area contributed by atoms with Crippen molar-refractivity contribution in [1.29, 1.82) is 0 Å². The highest BCUT2D eigenvalue weighted by Gasteiger charge is 2.28. The van der Waals surface area contributed by atoms with Crippen LogP contribution in [0.15, 0.2) is 22.9 Å². The van der Waals surface area contributed by atoms with E-state index in [4.69, 9.17) is 9.26 Å². The summed E-state index contributed by atoms with van der Waals surface area (Å²) in [7, 11) is 0. The lowest BCUT2D eigenvalue weighted by Gasteiger charge is -2.25. The first kappa shape index (κ1) is 17.6. The molecule has 1 fully saturated rings. The van der Waals surface area contributed by atoms with Crippen molar-refractivity contribution in [2.45, 2.75) is 31.7 Å². The van der Waals surface area contributed by atoms with Crippen molar-refractivity contribution >= 4 is 0 Å². The van der Waals surface area contributed by atoms with Crippen LogP contribution in [0.4, 0.5) is 13.2 Å². The second-order valence-electron chi connectivity index (χ2n) is 5.73. The zero-order valence-electron chi connectivity index (χ0n) is 13.4. The van der Waals surface area contributed by atoms with Crippen LogP contribution in [0.2, 0.25) is 0 Å². The van der Waals surface area contributed by atoms with Gasteiger partial charge in [0.1, 0.15) is 6.10 Å². The summed E-state index contributed by atoms with van der Waals surface area (Å²) in [6.07, 6.45) is -2.87. The van der Waals surface area contributed by atoms with Gasteiger partial charge in [-0.2, -0.15) is 18.2 Å². The number of rotatable bonds is 5. The summed E-state index contributed by atoms with van der Waals surface area (Å²) >= 11 is 0. The number of morpholine rings is 1. The molecule has 0 aromatic carbocycles. The molecule has 2 atom stereocenters. The van der Waals surface area contributed by atoms with Gasteiger partial charge in [-0.15, -0.1) is 0 Å². The van der Waals surface area contributed by atoms with Crippen LogP contribution in [0.25, 0.3) is 0 Å². The predicted molar refractivity (Wildman–Crippen MR) is 79.0 cm³/mol. The highest BCUT2D eigenvalue weighted by Crippen LogP contribution is 2.21. The van der Waals surface area contributed by atoms with E-state index in [0.717, 1.165) is 12.1 Å². The largest absolute Gasteiger partial charge is 0.468 e. The van der Waals surface area contributed by atoms with Gasteiger partial charge < -0.3 is 19.3 Å². The molecule has 25 heavy (non-hydrogen) atoms. The van der Waals surface area contributed by atoms with Gasteiger partial charge in [0.25, 0.3) is 5.89 Å². The molecule has 1 saturated heterocycles. The van der Waals surface area contributed by atoms with Crippen LogP contribution in [0.5, 0.6) is 5.88 Å². The van der Waals surface area contributed by atoms with E-state index in [1.165, 1.54) is 12.3 Å². The topological polar surface area (TPSA) is 82.3 Å². The van der Waals surface area contributed by atoms with Crippen molar-refractivity contribution in [1.82, 2.24) is 20.4 Å². The molecule has 10 heteroatoms. The maximum absolute atomic E-state index is 12.1. The first-order chi connectivity index (χ1) is 11.9. The van der Waals surface area contributed by atoms with Crippen LogP contribution in [0.1, 0.15) is 30.3 Å². The van der Waals surface area contributed by atoms with Crippen molar-refractivity contribution in [2.75, 3.05) is 19.7 Å². The van der Waals surface area contributed by atoms with Crippen molar-refractivity contribution in [2.24, 2.45) is 0 Å². The van der Waals surface area contributed by atoms with E-state index in [1.54, 1.807) is 6.07 Å². The van der Waals surface area contributed by atoms with Crippen molar-refractivity contribution in [3.8, 4) is 5.88 Å². The molecule has 7 nitrogen and oxygen atoms in total. The third-order valence-corrected chi connectivity index (χ3v) is 3.46. The Hall–Kier alpha value is -2.20. The monoisotopic (exact) mass is 358 g/mol. The molecule has 2 aromatic rings. The summed E-state index contributed by atoms with van der Waals surface area (Å²) in [4.78, 5) is 8.15. The van der Waals surface area contributed by atoms with Crippen LogP contribution in [-0.4, -0.2) is 47.1 Å². The average molecular weight is 358 g/mol. The van der Waals surface area contributed by atoms with Crippen molar-refractivity contribution in [3.05, 3.63) is 35.6 Å². The van der Waals surface area contributed by atoms with Gasteiger partial charge in [-0.25, -0.2) is 4.98 Å². The Morgan fingerprint density at radius 3 is 2.84 bits per heavy atom. The van der Waals surface area contributed by atoms with Crippen LogP contribution < -0.4 is 10.1 Å². The lowest BCUT2D eigenvalue weighted by Crippen LogP contribution is -2.39. The summed E-state index contributed by atoms with van der Waals surface area (Å²) < 4.78 is 51.8. The number of hydrogen-bond acceptors (Lipinski definition) is 7. The maximum Gasteiger partial charge on any atom is 0.422 e. The van der Waals surface area contributed by atoms with Gasteiger partial charge in [-0.1, -0.05) is 11.2 Å². The number of pyridine rings is 1. The lowest BCUT2D eigenvalue weighted by atomic mass is 10.2. The summed E-state index contributed by atoms with van der Waals surface area (Å²) in [5.41, 5.74) is 0.725. The third kappa shape index (κ3) is 5.13. The second kappa shape index (κ2) is 7.36. The zero-order chi connectivity index (χ0) is 17.9. The maximum atomic E-state index is 12.1. The second-order valence-corrected chi connectivity index (χ2v) is 5.73. The first-order valence-corrected chi connectivity index (χ1v) is 7.72. The molecular formula is C15H17F3N4O3. The number of hydrogen-bond donors (Lipinski definition) is 1. The molecular weight excluding hydrogens is 341 g/mol. The number of alkyl halides is 3. The van der Waals surface area contributed by atoms with Crippen molar-refractivity contribution in [3.63, 3.8) is 0 Å². The Morgan fingerprint density at radius 2 is 2.16 bits per heavy atom. The Kier molecular flexibility index (Phi) is 5.19. The smallest absolute Gasteiger partial charge is 0.422 e. The molecule has 2 aromatic heterocycles. The number of nitrogens with zero attached hydrogens (tertiary/aromatic N) is 3. The summed E-state index contributed by atoms with van der Waals surface area (Å²) in [5.74, 6) is 0.750. The minimum atomic E-state index is -4.39. The molecule has 0 spiro atoms. The summed E-state index contributed by atoms with van der Waals surface area (Å²) in [6.45, 7) is 1.94. The predicted octanol–water partition coefficient (Wildman–Crippen LogP) is 2.05. The Labute approximate surface area is 141 Å². The summed E-state index contributed by atoms with van der Waals surface area (Å²) in [5, 5.41) is 7.12. The molecule has 0 saturated carbocycles. The van der Waals surface area contributed by atoms with E-state index in [9.17, 15) is 13.2 Å². The number of halogens is 3. The van der Waals surface area contributed by atoms with Gasteiger partial charge in [-0.05, 0) is 12.5 Å². The van der Waals surface area contributed by atoms with Gasteiger partial charge in [0.05, 0.1) is 6.10 Å². The minimum Gasteiger partial charge on any atom is -0.468 e. The molecule has 0 bridgehead atoms. The average Bonchev–Trinajstić information content (AvgIpc) is 3.02. The van der Waals surface area contributed by atoms with Crippen LogP contribution in [-0.2, 0) is 11.2 Å². The van der Waals surface area contributed by atoms with E-state index < -0.39 is 12.8 Å². The fraction of sp³-hybridized carbons (Fsp3) is 0.533. The number of aromatic nitrogens is 3. The van der Waals surface area contributed by atoms with Gasteiger partial charge >= 0.3 is 6.18 Å². The zero-order valence-corrected chi connectivity index (χ0v) is 13.4. The Bertz CT molecular complexity index is 690. The van der Waals surface area contributed by atoms with E-state index in [-0.39, 0.29) is 18.1 Å². The van der Waals surface area contributed by atoms with E-state index in [2.05, 4.69) is 25.2 Å². The molecule has 136 valence electrons. The molecule has 3 heterocycles. The number of nitrogens with one attached hydrogen (secondary N) is 1. The fourth-order valence-electron chi connectivity index (χ4n) is 2.35. The molecule has 3 rings (SSSR count). The molecule has 0 radical (unpaired) electrons. The van der Waals surface area contributed by atoms with Gasteiger partial charge in [0.2, 0.25) is 5.88 Å². The van der Waals surface area contributed by atoms with Gasteiger partial charge in [0.15, 0.2) is 12.4 Å². The Balaban J connectivity index is 1.57. The van der Waals surface area contributed by atoms with Crippen LogP contribution in [0.3, 0.4) is 0 Å². The van der Waals surface area contributed by atoms with Crippen molar-refractivity contribution < 1.29 is 27.2 Å². The lowest BCUT2D eigenvalue weighted by molar-refractivity contribution is -0.154. The normalized spacial score (nSPS) is 21.3. The van der Waals surface area contributed by atoms with Gasteiger partial charge in [0, 0.05) is 31.8 Å². The van der Waals surface area contributed by atoms with E-state index >= 15 is 0 Å². The molecule has 1 aliphatic rings.